The van der Waals surface area contributed by atoms with Crippen molar-refractivity contribution >= 4 is 12.0 Å². The number of carboxylic acid groups (broad SMARTS) is 1. The number of nitrogens with zero attached hydrogens (tertiary/aromatic N) is 2. The van der Waals surface area contributed by atoms with Crippen LogP contribution < -0.4 is 0 Å². The summed E-state index contributed by atoms with van der Waals surface area (Å²) in [4.78, 5) is 26.9. The lowest BCUT2D eigenvalue weighted by Gasteiger charge is -2.31. The number of hydrogen-bond acceptors (Lipinski definition) is 2. The maximum atomic E-state index is 12.6. The maximum absolute atomic E-state index is 12.6. The lowest BCUT2D eigenvalue weighted by atomic mass is 10.1. The van der Waals surface area contributed by atoms with E-state index < -0.39 is 5.97 Å². The molecule has 0 aromatic rings. The number of urea groups is 1. The van der Waals surface area contributed by atoms with Crippen LogP contribution in [0.25, 0.3) is 0 Å². The fourth-order valence-corrected chi connectivity index (χ4v) is 2.21. The van der Waals surface area contributed by atoms with Gasteiger partial charge in [-0.2, -0.15) is 0 Å². The third-order valence-electron chi connectivity index (χ3n) is 3.36. The molecule has 0 bridgehead atoms. The molecule has 5 heteroatoms. The number of carbonyl (C=O) groups is 2. The Morgan fingerprint density at radius 1 is 1.15 bits per heavy atom. The first-order valence-electron chi connectivity index (χ1n) is 7.58. The van der Waals surface area contributed by atoms with Gasteiger partial charge in [-0.05, 0) is 31.1 Å². The summed E-state index contributed by atoms with van der Waals surface area (Å²) in [5, 5.41) is 8.99. The summed E-state index contributed by atoms with van der Waals surface area (Å²) in [6.45, 7) is 9.29. The molecule has 1 aliphatic rings. The molecule has 0 saturated heterocycles. The molecule has 0 aliphatic heterocycles. The summed E-state index contributed by atoms with van der Waals surface area (Å²) in [6, 6.07) is 0.217. The van der Waals surface area contributed by atoms with Crippen LogP contribution in [0.5, 0.6) is 0 Å². The maximum Gasteiger partial charge on any atom is 0.323 e. The van der Waals surface area contributed by atoms with Crippen LogP contribution in [0.2, 0.25) is 0 Å². The van der Waals surface area contributed by atoms with Gasteiger partial charge in [0.25, 0.3) is 0 Å². The number of aliphatic carboxylic acids is 1. The molecule has 1 fully saturated rings. The monoisotopic (exact) mass is 284 g/mol. The zero-order chi connectivity index (χ0) is 15.3. The molecule has 0 heterocycles. The number of carboxylic acids is 1. The second-order valence-electron chi connectivity index (χ2n) is 6.56. The molecule has 0 aromatic carbocycles. The van der Waals surface area contributed by atoms with Crippen molar-refractivity contribution in [3.63, 3.8) is 0 Å². The molecular weight excluding hydrogens is 256 g/mol. The highest BCUT2D eigenvalue weighted by Gasteiger charge is 2.35. The molecule has 0 radical (unpaired) electrons. The van der Waals surface area contributed by atoms with Crippen molar-refractivity contribution in [3.8, 4) is 0 Å². The van der Waals surface area contributed by atoms with E-state index in [4.69, 9.17) is 5.11 Å². The minimum absolute atomic E-state index is 0.107. The fourth-order valence-electron chi connectivity index (χ4n) is 2.21. The summed E-state index contributed by atoms with van der Waals surface area (Å²) in [5.74, 6) is -0.134. The van der Waals surface area contributed by atoms with Crippen molar-refractivity contribution in [2.24, 2.45) is 11.8 Å². The predicted octanol–water partition coefficient (Wildman–Crippen LogP) is 2.66. The average Bonchev–Trinajstić information content (AvgIpc) is 3.10. The largest absolute Gasteiger partial charge is 0.480 e. The van der Waals surface area contributed by atoms with Gasteiger partial charge in [0.1, 0.15) is 6.54 Å². The van der Waals surface area contributed by atoms with Crippen LogP contribution in [0.15, 0.2) is 0 Å². The molecule has 0 spiro atoms. The normalized spacial score (nSPS) is 14.7. The molecule has 1 N–H and O–H groups in total. The van der Waals surface area contributed by atoms with Crippen LogP contribution in [0.4, 0.5) is 4.79 Å². The minimum atomic E-state index is -0.946. The zero-order valence-corrected chi connectivity index (χ0v) is 13.1. The molecule has 20 heavy (non-hydrogen) atoms. The standard InChI is InChI=1S/C15H28N2O3/c1-11(2)7-8-17(13-5-6-13)15(20)16(9-12(3)4)10-14(18)19/h11-13H,5-10H2,1-4H3,(H,18,19). The highest BCUT2D eigenvalue weighted by Crippen LogP contribution is 2.28. The Morgan fingerprint density at radius 3 is 2.15 bits per heavy atom. The van der Waals surface area contributed by atoms with Crippen LogP contribution in [-0.2, 0) is 4.79 Å². The molecule has 1 rings (SSSR count). The second-order valence-corrected chi connectivity index (χ2v) is 6.56. The lowest BCUT2D eigenvalue weighted by molar-refractivity contribution is -0.137. The molecule has 5 nitrogen and oxygen atoms in total. The Morgan fingerprint density at radius 2 is 1.75 bits per heavy atom. The van der Waals surface area contributed by atoms with Gasteiger partial charge >= 0.3 is 12.0 Å². The molecule has 1 saturated carbocycles. The van der Waals surface area contributed by atoms with E-state index in [1.165, 1.54) is 4.90 Å². The first-order chi connectivity index (χ1) is 9.31. The molecule has 0 atom stereocenters. The van der Waals surface area contributed by atoms with Crippen molar-refractivity contribution in [2.75, 3.05) is 19.6 Å². The van der Waals surface area contributed by atoms with Crippen LogP contribution >= 0.6 is 0 Å². The molecule has 0 aromatic heterocycles. The molecule has 0 unspecified atom stereocenters. The molecule has 116 valence electrons. The Labute approximate surface area is 121 Å². The van der Waals surface area contributed by atoms with Gasteiger partial charge in [0.2, 0.25) is 0 Å². The first-order valence-corrected chi connectivity index (χ1v) is 7.58. The van der Waals surface area contributed by atoms with Crippen molar-refractivity contribution in [1.29, 1.82) is 0 Å². The van der Waals surface area contributed by atoms with E-state index in [9.17, 15) is 9.59 Å². The first kappa shape index (κ1) is 16.8. The van der Waals surface area contributed by atoms with Gasteiger partial charge in [-0.3, -0.25) is 4.79 Å². The van der Waals surface area contributed by atoms with Crippen LogP contribution in [-0.4, -0.2) is 52.6 Å². The van der Waals surface area contributed by atoms with Crippen LogP contribution in [0.3, 0.4) is 0 Å². The van der Waals surface area contributed by atoms with Crippen molar-refractivity contribution in [1.82, 2.24) is 9.80 Å². The van der Waals surface area contributed by atoms with E-state index in [1.54, 1.807) is 0 Å². The SMILES string of the molecule is CC(C)CCN(C(=O)N(CC(=O)O)CC(C)C)C1CC1. The van der Waals surface area contributed by atoms with Crippen LogP contribution in [0, 0.1) is 11.8 Å². The van der Waals surface area contributed by atoms with Crippen LogP contribution in [0.1, 0.15) is 47.0 Å². The molecule has 2 amide bonds. The van der Waals surface area contributed by atoms with E-state index in [0.29, 0.717) is 18.5 Å². The van der Waals surface area contributed by atoms with Gasteiger partial charge in [-0.15, -0.1) is 0 Å². The minimum Gasteiger partial charge on any atom is -0.480 e. The Balaban J connectivity index is 2.69. The van der Waals surface area contributed by atoms with Gasteiger partial charge in [-0.25, -0.2) is 4.79 Å². The predicted molar refractivity (Wildman–Crippen MR) is 78.6 cm³/mol. The van der Waals surface area contributed by atoms with E-state index in [0.717, 1.165) is 25.8 Å². The number of carbonyl (C=O) groups excluding carboxylic acids is 1. The van der Waals surface area contributed by atoms with Gasteiger partial charge in [0.05, 0.1) is 0 Å². The van der Waals surface area contributed by atoms with E-state index >= 15 is 0 Å². The number of hydrogen-bond donors (Lipinski definition) is 1. The average molecular weight is 284 g/mol. The van der Waals surface area contributed by atoms with Gasteiger partial charge in [-0.1, -0.05) is 27.7 Å². The Hall–Kier alpha value is -1.26. The number of amides is 2. The second kappa shape index (κ2) is 7.50. The van der Waals surface area contributed by atoms with Crippen molar-refractivity contribution in [2.45, 2.75) is 53.0 Å². The smallest absolute Gasteiger partial charge is 0.323 e. The number of rotatable bonds is 8. The van der Waals surface area contributed by atoms with Crippen molar-refractivity contribution in [3.05, 3.63) is 0 Å². The topological polar surface area (TPSA) is 60.9 Å². The molecule has 1 aliphatic carbocycles. The Kier molecular flexibility index (Phi) is 6.30. The highest BCUT2D eigenvalue weighted by atomic mass is 16.4. The summed E-state index contributed by atoms with van der Waals surface area (Å²) in [5.41, 5.74) is 0. The summed E-state index contributed by atoms with van der Waals surface area (Å²) in [6.07, 6.45) is 3.06. The third kappa shape index (κ3) is 5.80. The van der Waals surface area contributed by atoms with Crippen molar-refractivity contribution < 1.29 is 14.7 Å². The van der Waals surface area contributed by atoms with E-state index in [2.05, 4.69) is 13.8 Å². The lowest BCUT2D eigenvalue weighted by Crippen LogP contribution is -2.48. The third-order valence-corrected chi connectivity index (χ3v) is 3.36. The van der Waals surface area contributed by atoms with E-state index in [-0.39, 0.29) is 18.5 Å². The fraction of sp³-hybridized carbons (Fsp3) is 0.867. The van der Waals surface area contributed by atoms with E-state index in [1.807, 2.05) is 18.7 Å². The van der Waals surface area contributed by atoms with Gasteiger partial charge < -0.3 is 14.9 Å². The quantitative estimate of drug-likeness (QED) is 0.745. The van der Waals surface area contributed by atoms with Gasteiger partial charge in [0, 0.05) is 19.1 Å². The highest BCUT2D eigenvalue weighted by molar-refractivity contribution is 5.80. The Bertz CT molecular complexity index is 338. The molecular formula is C15H28N2O3. The zero-order valence-electron chi connectivity index (χ0n) is 13.1. The summed E-state index contributed by atoms with van der Waals surface area (Å²) in [7, 11) is 0. The van der Waals surface area contributed by atoms with Gasteiger partial charge in [0.15, 0.2) is 0 Å². The summed E-state index contributed by atoms with van der Waals surface area (Å²) >= 11 is 0. The summed E-state index contributed by atoms with van der Waals surface area (Å²) < 4.78 is 0.